The lowest BCUT2D eigenvalue weighted by Gasteiger charge is -2.45. The van der Waals surface area contributed by atoms with E-state index in [4.69, 9.17) is 33.2 Å². The second-order valence-electron chi connectivity index (χ2n) is 25.8. The highest BCUT2D eigenvalue weighted by Crippen LogP contribution is 2.36. The molecular weight excluding hydrogens is 1240 g/mol. The van der Waals surface area contributed by atoms with Crippen LogP contribution in [0, 0.1) is 0 Å². The number of carbonyl (C=O) groups is 3. The number of benzene rings is 4. The van der Waals surface area contributed by atoms with E-state index in [-0.39, 0.29) is 90.6 Å². The van der Waals surface area contributed by atoms with Crippen molar-refractivity contribution in [2.45, 2.75) is 191 Å². The van der Waals surface area contributed by atoms with Gasteiger partial charge in [0, 0.05) is 120 Å². The third-order valence-electron chi connectivity index (χ3n) is 16.9. The molecule has 0 unspecified atom stereocenters. The summed E-state index contributed by atoms with van der Waals surface area (Å²) in [6, 6.07) is 28.9. The van der Waals surface area contributed by atoms with E-state index >= 15 is 0 Å². The van der Waals surface area contributed by atoms with Gasteiger partial charge in [-0.2, -0.15) is 8.61 Å². The molecule has 4 atom stereocenters. The van der Waals surface area contributed by atoms with Crippen LogP contribution in [0.3, 0.4) is 0 Å². The van der Waals surface area contributed by atoms with Crippen molar-refractivity contribution in [2.75, 3.05) is 81.0 Å². The van der Waals surface area contributed by atoms with E-state index in [0.717, 1.165) is 62.5 Å². The molecule has 4 aromatic carbocycles. The number of sulfonamides is 2. The van der Waals surface area contributed by atoms with Gasteiger partial charge in [0.25, 0.3) is 11.8 Å². The highest BCUT2D eigenvalue weighted by atomic mass is 35.5. The van der Waals surface area contributed by atoms with Crippen molar-refractivity contribution in [2.24, 2.45) is 0 Å². The Morgan fingerprint density at radius 2 is 0.989 bits per heavy atom. The van der Waals surface area contributed by atoms with Crippen molar-refractivity contribution in [3.8, 4) is 23.0 Å². The van der Waals surface area contributed by atoms with Gasteiger partial charge < -0.3 is 53.2 Å². The van der Waals surface area contributed by atoms with E-state index < -0.39 is 31.7 Å². The highest BCUT2D eigenvalue weighted by molar-refractivity contribution is 7.88. The van der Waals surface area contributed by atoms with Crippen molar-refractivity contribution in [3.63, 3.8) is 0 Å². The van der Waals surface area contributed by atoms with E-state index in [0.29, 0.717) is 106 Å². The number of methoxy groups -OCH3 is 4. The van der Waals surface area contributed by atoms with Crippen molar-refractivity contribution in [3.05, 3.63) is 119 Å². The first kappa shape index (κ1) is 75.3. The van der Waals surface area contributed by atoms with Crippen molar-refractivity contribution < 1.29 is 64.4 Å². The monoisotopic (exact) mass is 1340 g/mol. The molecule has 4 fully saturated rings. The normalized spacial score (nSPS) is 18.6. The first-order valence-electron chi connectivity index (χ1n) is 32.5. The van der Waals surface area contributed by atoms with Gasteiger partial charge in [0.15, 0.2) is 23.0 Å². The predicted octanol–water partition coefficient (Wildman–Crippen LogP) is 11.0. The first-order chi connectivity index (χ1) is 43.5. The van der Waals surface area contributed by atoms with Crippen molar-refractivity contribution in [1.29, 1.82) is 0 Å². The first-order valence-corrected chi connectivity index (χ1v) is 35.7. The van der Waals surface area contributed by atoms with Crippen LogP contribution in [0.25, 0.3) is 0 Å². The molecule has 2 saturated heterocycles. The Labute approximate surface area is 554 Å². The summed E-state index contributed by atoms with van der Waals surface area (Å²) in [5.74, 6) is 1.94. The number of likely N-dealkylation sites (tertiary alicyclic amines) is 1. The molecule has 2 saturated carbocycles. The van der Waals surface area contributed by atoms with Gasteiger partial charge in [-0.25, -0.2) is 21.6 Å². The molecule has 0 aromatic heterocycles. The largest absolute Gasteiger partial charge is 0.493 e. The second kappa shape index (κ2) is 35.7. The Hall–Kier alpha value is -5.72. The maximum absolute atomic E-state index is 14.2. The molecule has 1 N–H and O–H groups in total. The molecule has 0 bridgehead atoms. The van der Waals surface area contributed by atoms with E-state index in [9.17, 15) is 31.2 Å². The third kappa shape index (κ3) is 22.2. The van der Waals surface area contributed by atoms with Crippen LogP contribution in [0.15, 0.2) is 97.1 Å². The average molecular weight is 1340 g/mol. The molecule has 3 amide bonds. The third-order valence-corrected chi connectivity index (χ3v) is 20.7. The quantitative estimate of drug-likeness (QED) is 0.0451. The van der Waals surface area contributed by atoms with Crippen molar-refractivity contribution in [1.82, 2.24) is 28.6 Å². The maximum atomic E-state index is 14.2. The number of rotatable bonds is 32. The Kier molecular flexibility index (Phi) is 29.2. The molecule has 0 radical (unpaired) electrons. The number of halogens is 1. The summed E-state index contributed by atoms with van der Waals surface area (Å²) in [7, 11) is -0.492. The number of hydrogen-bond acceptors (Lipinski definition) is 15. The fraction of sp³-hybridized carbons (Fsp3) is 0.609. The fourth-order valence-corrected chi connectivity index (χ4v) is 15.8. The van der Waals surface area contributed by atoms with Gasteiger partial charge >= 0.3 is 6.09 Å². The number of piperidine rings is 2. The summed E-state index contributed by atoms with van der Waals surface area (Å²) in [5, 5.41) is 3.62. The van der Waals surface area contributed by atoms with Gasteiger partial charge in [0.1, 0.15) is 5.60 Å². The van der Waals surface area contributed by atoms with Crippen LogP contribution in [-0.4, -0.2) is 193 Å². The van der Waals surface area contributed by atoms with Crippen LogP contribution >= 0.6 is 12.4 Å². The maximum Gasteiger partial charge on any atom is 0.410 e. The van der Waals surface area contributed by atoms with E-state index in [2.05, 4.69) is 5.32 Å². The van der Waals surface area contributed by atoms with E-state index in [1.165, 1.54) is 0 Å². The SMILES string of the molecule is COCCCOc1cc(C(=O)N(C(C)C)[C@@H]2CC[C@H](CCN(C3CC3)S(=O)(=O)Cc3ccccc3)N(C(=O)OC(C)(C)C)C2)ccc1OC.COCCCOc1cc(C(=O)N(C(C)C)[C@@H]2CC[C@H](CCN(C3CC3)S(=O)(=O)Cc3ccccc3)NC2)ccc1OC.Cl. The van der Waals surface area contributed by atoms with Crippen LogP contribution in [0.5, 0.6) is 23.0 Å². The minimum Gasteiger partial charge on any atom is -0.493 e. The smallest absolute Gasteiger partial charge is 0.410 e. The summed E-state index contributed by atoms with van der Waals surface area (Å²) >= 11 is 0. The number of hydrogen-bond donors (Lipinski definition) is 1. The lowest BCUT2D eigenvalue weighted by Crippen LogP contribution is -2.58. The van der Waals surface area contributed by atoms with Gasteiger partial charge in [-0.3, -0.25) is 9.59 Å². The molecule has 2 aliphatic carbocycles. The van der Waals surface area contributed by atoms with Gasteiger partial charge in [0.05, 0.1) is 45.0 Å². The number of carbonyl (C=O) groups excluding carboxylic acids is 3. The Bertz CT molecular complexity index is 3160. The Morgan fingerprint density at radius 3 is 1.39 bits per heavy atom. The summed E-state index contributed by atoms with van der Waals surface area (Å²) in [6.45, 7) is 17.3. The number of amides is 3. The summed E-state index contributed by atoms with van der Waals surface area (Å²) in [4.78, 5) is 47.2. The minimum atomic E-state index is -3.55. The van der Waals surface area contributed by atoms with Crippen LogP contribution in [0.1, 0.15) is 157 Å². The van der Waals surface area contributed by atoms with Crippen LogP contribution in [0.4, 0.5) is 4.79 Å². The van der Waals surface area contributed by atoms with Crippen LogP contribution < -0.4 is 24.3 Å². The molecule has 20 nitrogen and oxygen atoms in total. The molecule has 92 heavy (non-hydrogen) atoms. The van der Waals surface area contributed by atoms with E-state index in [1.54, 1.807) is 78.3 Å². The molecule has 4 aliphatic rings. The molecule has 2 heterocycles. The van der Waals surface area contributed by atoms with Crippen molar-refractivity contribution >= 4 is 50.4 Å². The van der Waals surface area contributed by atoms with E-state index in [1.807, 2.05) is 119 Å². The van der Waals surface area contributed by atoms with Crippen LogP contribution in [-0.2, 0) is 45.8 Å². The zero-order valence-electron chi connectivity index (χ0n) is 56.1. The molecule has 8 rings (SSSR count). The summed E-state index contributed by atoms with van der Waals surface area (Å²) in [5.41, 5.74) is 1.89. The zero-order chi connectivity index (χ0) is 65.9. The predicted molar refractivity (Wildman–Crippen MR) is 361 cm³/mol. The molecule has 512 valence electrons. The molecular formula is C69H103ClN6O14S2. The summed E-state index contributed by atoms with van der Waals surface area (Å²) < 4.78 is 96.0. The van der Waals surface area contributed by atoms with Gasteiger partial charge in [0.2, 0.25) is 20.0 Å². The summed E-state index contributed by atoms with van der Waals surface area (Å²) in [6.07, 6.45) is 8.77. The van der Waals surface area contributed by atoms with Gasteiger partial charge in [-0.05, 0) is 160 Å². The number of nitrogens with zero attached hydrogens (tertiary/aromatic N) is 5. The second-order valence-corrected chi connectivity index (χ2v) is 29.7. The highest BCUT2D eigenvalue weighted by Gasteiger charge is 2.43. The molecule has 4 aromatic rings. The Morgan fingerprint density at radius 1 is 0.554 bits per heavy atom. The van der Waals surface area contributed by atoms with Crippen LogP contribution in [0.2, 0.25) is 0 Å². The molecule has 0 spiro atoms. The zero-order valence-corrected chi connectivity index (χ0v) is 58.5. The Balaban J connectivity index is 0.000000292. The minimum absolute atomic E-state index is 0. The lowest BCUT2D eigenvalue weighted by molar-refractivity contribution is -0.00846. The standard InChI is InChI=1S/C37H55N3O8S.C32H47N3O6S.ClH/c1-27(2)40(35(41)29-14-19-33(46-7)34(24-29)47-23-11-22-45-6)32-18-15-30(38(25-32)36(42)48-37(3,4)5)20-21-39(31-16-17-31)49(43,44)26-28-12-9-8-10-13-28;1-24(2)35(32(36)26-11-16-30(40-4)31(21-26)41-20-8-19-39-3)29-13-12-27(33-22-29)17-18-34(28-14-15-28)42(37,38)23-25-9-6-5-7-10-25;/h8-10,12-14,19,24,27,30-32H,11,15-18,20-23,25-26H2,1-7H3;5-7,9-11,16,21,24,27-29,33H,8,12-15,17-20,22-23H2,1-4H3;1H/t30-,32-;27-,29-;/m11./s1. The number of nitrogens with one attached hydrogen (secondary N) is 1. The number of ether oxygens (including phenoxy) is 7. The van der Waals surface area contributed by atoms with Gasteiger partial charge in [-0.1, -0.05) is 60.7 Å². The fourth-order valence-electron chi connectivity index (χ4n) is 12.1. The topological polar surface area (TPSA) is 212 Å². The lowest BCUT2D eigenvalue weighted by atomic mass is 9.94. The molecule has 23 heteroatoms. The average Bonchev–Trinajstić information content (AvgIpc) is 1.84. The molecule has 2 aliphatic heterocycles. The van der Waals surface area contributed by atoms with Gasteiger partial charge in [-0.15, -0.1) is 12.4 Å².